The van der Waals surface area contributed by atoms with Crippen molar-refractivity contribution in [3.63, 3.8) is 0 Å². The van der Waals surface area contributed by atoms with Gasteiger partial charge in [0.15, 0.2) is 0 Å². The Bertz CT molecular complexity index is 538. The highest BCUT2D eigenvalue weighted by molar-refractivity contribution is 5.98. The summed E-state index contributed by atoms with van der Waals surface area (Å²) >= 11 is 0. The number of carbonyl (C=O) groups is 1. The predicted molar refractivity (Wildman–Crippen MR) is 68.9 cm³/mol. The monoisotopic (exact) mass is 261 g/mol. The Kier molecular flexibility index (Phi) is 2.94. The number of fused-ring (bicyclic) bond motifs is 1. The van der Waals surface area contributed by atoms with Crippen molar-refractivity contribution in [3.8, 4) is 0 Å². The molecule has 0 aliphatic carbocycles. The summed E-state index contributed by atoms with van der Waals surface area (Å²) in [7, 11) is 0. The molecule has 0 saturated carbocycles. The van der Waals surface area contributed by atoms with Gasteiger partial charge in [-0.1, -0.05) is 0 Å². The van der Waals surface area contributed by atoms with Crippen LogP contribution in [0.1, 0.15) is 28.8 Å². The highest BCUT2D eigenvalue weighted by Crippen LogP contribution is 2.29. The summed E-state index contributed by atoms with van der Waals surface area (Å²) in [5.41, 5.74) is 1.43. The van der Waals surface area contributed by atoms with Crippen LogP contribution in [0.25, 0.3) is 0 Å². The molecule has 0 spiro atoms. The number of nitro groups is 1. The summed E-state index contributed by atoms with van der Waals surface area (Å²) in [4.78, 5) is 24.5. The molecule has 1 aromatic rings. The summed E-state index contributed by atoms with van der Waals surface area (Å²) in [5, 5.41) is 14.0. The van der Waals surface area contributed by atoms with Gasteiger partial charge in [-0.3, -0.25) is 14.9 Å². The second-order valence-electron chi connectivity index (χ2n) is 5.03. The van der Waals surface area contributed by atoms with E-state index < -0.39 is 4.92 Å². The standard InChI is InChI=1S/C13H15N3O3/c17-13-12-4-3-10(16(18)19)6-9(12)8-15(13)11-2-1-5-14-7-11/h3-4,6,11,14H,1-2,5,7-8H2. The lowest BCUT2D eigenvalue weighted by atomic mass is 10.1. The van der Waals surface area contributed by atoms with Crippen molar-refractivity contribution < 1.29 is 9.72 Å². The minimum Gasteiger partial charge on any atom is -0.330 e. The lowest BCUT2D eigenvalue weighted by Gasteiger charge is -2.31. The fourth-order valence-corrected chi connectivity index (χ4v) is 2.84. The molecule has 100 valence electrons. The molecule has 0 aromatic heterocycles. The Balaban J connectivity index is 1.86. The Morgan fingerprint density at radius 3 is 2.95 bits per heavy atom. The van der Waals surface area contributed by atoms with E-state index in [0.29, 0.717) is 12.1 Å². The van der Waals surface area contributed by atoms with Crippen LogP contribution in [0.4, 0.5) is 5.69 Å². The molecule has 6 heteroatoms. The number of piperidine rings is 1. The maximum absolute atomic E-state index is 12.3. The van der Waals surface area contributed by atoms with E-state index in [1.807, 2.05) is 4.90 Å². The topological polar surface area (TPSA) is 75.5 Å². The fraction of sp³-hybridized carbons (Fsp3) is 0.462. The molecule has 2 aliphatic heterocycles. The van der Waals surface area contributed by atoms with Gasteiger partial charge in [0.25, 0.3) is 11.6 Å². The minimum absolute atomic E-state index is 0.00130. The van der Waals surface area contributed by atoms with Gasteiger partial charge in [0, 0.05) is 36.8 Å². The molecule has 1 amide bonds. The maximum atomic E-state index is 12.3. The van der Waals surface area contributed by atoms with Gasteiger partial charge in [0.05, 0.1) is 4.92 Å². The third-order valence-electron chi connectivity index (χ3n) is 3.84. The summed E-state index contributed by atoms with van der Waals surface area (Å²) in [6.45, 7) is 2.29. The lowest BCUT2D eigenvalue weighted by molar-refractivity contribution is -0.384. The van der Waals surface area contributed by atoms with Crippen molar-refractivity contribution in [3.05, 3.63) is 39.4 Å². The normalized spacial score (nSPS) is 22.4. The predicted octanol–water partition coefficient (Wildman–Crippen LogP) is 1.30. The number of benzene rings is 1. The number of rotatable bonds is 2. The molecule has 1 N–H and O–H groups in total. The van der Waals surface area contributed by atoms with Crippen LogP contribution < -0.4 is 5.32 Å². The van der Waals surface area contributed by atoms with Crippen molar-refractivity contribution >= 4 is 11.6 Å². The van der Waals surface area contributed by atoms with Gasteiger partial charge in [0.1, 0.15) is 0 Å². The molecule has 2 heterocycles. The second-order valence-corrected chi connectivity index (χ2v) is 5.03. The molecule has 1 aromatic carbocycles. The number of non-ortho nitro benzene ring substituents is 1. The highest BCUT2D eigenvalue weighted by atomic mass is 16.6. The van der Waals surface area contributed by atoms with E-state index in [0.717, 1.165) is 31.5 Å². The largest absolute Gasteiger partial charge is 0.330 e. The molecule has 3 rings (SSSR count). The third kappa shape index (κ3) is 2.08. The Hall–Kier alpha value is -1.95. The van der Waals surface area contributed by atoms with Crippen LogP contribution in [0, 0.1) is 10.1 Å². The molecule has 0 bridgehead atoms. The van der Waals surface area contributed by atoms with Gasteiger partial charge < -0.3 is 10.2 Å². The molecule has 6 nitrogen and oxygen atoms in total. The lowest BCUT2D eigenvalue weighted by Crippen LogP contribution is -2.46. The van der Waals surface area contributed by atoms with E-state index in [1.54, 1.807) is 6.07 Å². The van der Waals surface area contributed by atoms with Gasteiger partial charge in [-0.25, -0.2) is 0 Å². The first-order valence-electron chi connectivity index (χ1n) is 6.46. The molecule has 1 atom stereocenters. The van der Waals surface area contributed by atoms with E-state index in [-0.39, 0.29) is 17.6 Å². The molecule has 1 fully saturated rings. The summed E-state index contributed by atoms with van der Waals surface area (Å²) in [6.07, 6.45) is 2.06. The average molecular weight is 261 g/mol. The number of nitrogens with zero attached hydrogens (tertiary/aromatic N) is 2. The molecule has 1 saturated heterocycles. The van der Waals surface area contributed by atoms with E-state index >= 15 is 0 Å². The van der Waals surface area contributed by atoms with Crippen molar-refractivity contribution in [2.45, 2.75) is 25.4 Å². The molecule has 19 heavy (non-hydrogen) atoms. The number of hydrogen-bond acceptors (Lipinski definition) is 4. The summed E-state index contributed by atoms with van der Waals surface area (Å²) < 4.78 is 0. The summed E-state index contributed by atoms with van der Waals surface area (Å²) in [6, 6.07) is 4.70. The third-order valence-corrected chi connectivity index (χ3v) is 3.84. The maximum Gasteiger partial charge on any atom is 0.269 e. The highest BCUT2D eigenvalue weighted by Gasteiger charge is 2.34. The average Bonchev–Trinajstić information content (AvgIpc) is 2.76. The van der Waals surface area contributed by atoms with E-state index in [1.165, 1.54) is 12.1 Å². The molecule has 1 unspecified atom stereocenters. The summed E-state index contributed by atoms with van der Waals surface area (Å²) in [5.74, 6) is -0.00130. The van der Waals surface area contributed by atoms with Crippen molar-refractivity contribution in [2.24, 2.45) is 0 Å². The van der Waals surface area contributed by atoms with E-state index in [4.69, 9.17) is 0 Å². The van der Waals surface area contributed by atoms with Crippen LogP contribution in [0.3, 0.4) is 0 Å². The fourth-order valence-electron chi connectivity index (χ4n) is 2.84. The smallest absolute Gasteiger partial charge is 0.269 e. The zero-order chi connectivity index (χ0) is 13.4. The van der Waals surface area contributed by atoms with Crippen LogP contribution in [-0.2, 0) is 6.54 Å². The number of hydrogen-bond donors (Lipinski definition) is 1. The molecule has 2 aliphatic rings. The Morgan fingerprint density at radius 1 is 1.42 bits per heavy atom. The molecule has 0 radical (unpaired) electrons. The van der Waals surface area contributed by atoms with Gasteiger partial charge in [-0.2, -0.15) is 0 Å². The first-order valence-corrected chi connectivity index (χ1v) is 6.46. The van der Waals surface area contributed by atoms with Gasteiger partial charge in [-0.05, 0) is 31.0 Å². The molecular formula is C13H15N3O3. The first kappa shape index (κ1) is 12.1. The van der Waals surface area contributed by atoms with Crippen molar-refractivity contribution in [2.75, 3.05) is 13.1 Å². The van der Waals surface area contributed by atoms with Crippen LogP contribution in [0.15, 0.2) is 18.2 Å². The molecular weight excluding hydrogens is 246 g/mol. The van der Waals surface area contributed by atoms with Gasteiger partial charge >= 0.3 is 0 Å². The minimum atomic E-state index is -0.421. The van der Waals surface area contributed by atoms with Crippen molar-refractivity contribution in [1.29, 1.82) is 0 Å². The van der Waals surface area contributed by atoms with E-state index in [2.05, 4.69) is 5.32 Å². The van der Waals surface area contributed by atoms with Gasteiger partial charge in [0.2, 0.25) is 0 Å². The zero-order valence-electron chi connectivity index (χ0n) is 10.5. The SMILES string of the molecule is O=C1c2ccc([N+](=O)[O-])cc2CN1C1CCCNC1. The number of nitrogens with one attached hydrogen (secondary N) is 1. The van der Waals surface area contributed by atoms with Crippen LogP contribution in [0.5, 0.6) is 0 Å². The van der Waals surface area contributed by atoms with Crippen LogP contribution in [0.2, 0.25) is 0 Å². The Morgan fingerprint density at radius 2 is 2.26 bits per heavy atom. The number of amides is 1. The Labute approximate surface area is 110 Å². The van der Waals surface area contributed by atoms with E-state index in [9.17, 15) is 14.9 Å². The quantitative estimate of drug-likeness (QED) is 0.643. The second kappa shape index (κ2) is 4.62. The van der Waals surface area contributed by atoms with Crippen LogP contribution >= 0.6 is 0 Å². The number of nitro benzene ring substituents is 1. The zero-order valence-corrected chi connectivity index (χ0v) is 10.5. The first-order chi connectivity index (χ1) is 9.16. The number of carbonyl (C=O) groups excluding carboxylic acids is 1. The van der Waals surface area contributed by atoms with Gasteiger partial charge in [-0.15, -0.1) is 0 Å². The van der Waals surface area contributed by atoms with Crippen LogP contribution in [-0.4, -0.2) is 34.9 Å². The van der Waals surface area contributed by atoms with Crippen molar-refractivity contribution in [1.82, 2.24) is 10.2 Å².